The van der Waals surface area contributed by atoms with Gasteiger partial charge in [0.05, 0.1) is 13.2 Å². The number of hydrogen-bond donors (Lipinski definition) is 1. The third kappa shape index (κ3) is 4.33. The Morgan fingerprint density at radius 2 is 2.14 bits per heavy atom. The largest absolute Gasteiger partial charge is 0.487 e. The van der Waals surface area contributed by atoms with Crippen molar-refractivity contribution in [2.24, 2.45) is 0 Å². The van der Waals surface area contributed by atoms with E-state index in [1.807, 2.05) is 25.1 Å². The minimum absolute atomic E-state index is 0.0541. The van der Waals surface area contributed by atoms with Crippen LogP contribution in [0.4, 0.5) is 0 Å². The fourth-order valence-corrected chi connectivity index (χ4v) is 2.68. The van der Waals surface area contributed by atoms with Crippen LogP contribution in [0.5, 0.6) is 5.75 Å². The molecular weight excluding hydrogens is 290 g/mol. The lowest BCUT2D eigenvalue weighted by molar-refractivity contribution is -0.115. The Morgan fingerprint density at radius 3 is 2.86 bits per heavy atom. The van der Waals surface area contributed by atoms with Gasteiger partial charge in [0.2, 0.25) is 0 Å². The minimum atomic E-state index is 0.0541. The Balaban J connectivity index is 1.96. The number of likely N-dealkylation sites (N-methyl/N-ethyl adjacent to an activating group) is 1. The molecule has 21 heavy (non-hydrogen) atoms. The molecule has 1 aromatic rings. The summed E-state index contributed by atoms with van der Waals surface area (Å²) in [7, 11) is 1.68. The number of halogens is 1. The molecule has 1 fully saturated rings. The highest BCUT2D eigenvalue weighted by Crippen LogP contribution is 2.32. The van der Waals surface area contributed by atoms with Gasteiger partial charge in [-0.3, -0.25) is 0 Å². The normalized spacial score (nSPS) is 24.7. The van der Waals surface area contributed by atoms with Crippen LogP contribution in [-0.4, -0.2) is 45.1 Å². The molecule has 1 N–H and O–H groups in total. The zero-order valence-corrected chi connectivity index (χ0v) is 13.7. The summed E-state index contributed by atoms with van der Waals surface area (Å²) in [6.07, 6.45) is 1.05. The maximum Gasteiger partial charge on any atom is 0.128 e. The first-order chi connectivity index (χ1) is 10.2. The van der Waals surface area contributed by atoms with Crippen LogP contribution in [0.15, 0.2) is 18.2 Å². The van der Waals surface area contributed by atoms with E-state index in [9.17, 15) is 0 Å². The van der Waals surface area contributed by atoms with E-state index in [-0.39, 0.29) is 12.2 Å². The monoisotopic (exact) mass is 313 g/mol. The van der Waals surface area contributed by atoms with Crippen molar-refractivity contribution in [2.75, 3.05) is 26.9 Å². The smallest absolute Gasteiger partial charge is 0.128 e. The number of methoxy groups -OCH3 is 1. The van der Waals surface area contributed by atoms with Crippen molar-refractivity contribution < 1.29 is 14.2 Å². The van der Waals surface area contributed by atoms with Crippen molar-refractivity contribution in [2.45, 2.75) is 38.5 Å². The van der Waals surface area contributed by atoms with Crippen molar-refractivity contribution in [3.05, 3.63) is 28.8 Å². The van der Waals surface area contributed by atoms with Crippen LogP contribution in [-0.2, 0) is 9.47 Å². The van der Waals surface area contributed by atoms with E-state index in [2.05, 4.69) is 12.2 Å². The molecule has 1 aliphatic rings. The van der Waals surface area contributed by atoms with Gasteiger partial charge in [0.1, 0.15) is 18.0 Å². The van der Waals surface area contributed by atoms with Gasteiger partial charge in [0, 0.05) is 24.6 Å². The fourth-order valence-electron chi connectivity index (χ4n) is 2.51. The molecule has 3 atom stereocenters. The molecular formula is C16H24ClNO3. The summed E-state index contributed by atoms with van der Waals surface area (Å²) < 4.78 is 17.0. The zero-order chi connectivity index (χ0) is 15.2. The Bertz CT molecular complexity index is 455. The van der Waals surface area contributed by atoms with Crippen LogP contribution >= 0.6 is 11.6 Å². The summed E-state index contributed by atoms with van der Waals surface area (Å²) in [5.74, 6) is 0.836. The lowest BCUT2D eigenvalue weighted by atomic mass is 9.85. The predicted octanol–water partition coefficient (Wildman–Crippen LogP) is 2.81. The molecule has 1 aliphatic carbocycles. The summed E-state index contributed by atoms with van der Waals surface area (Å²) in [6.45, 7) is 6.22. The molecule has 5 heteroatoms. The number of hydrogen-bond acceptors (Lipinski definition) is 4. The molecule has 0 saturated heterocycles. The molecule has 0 radical (unpaired) electrons. The maximum atomic E-state index is 6.09. The van der Waals surface area contributed by atoms with Gasteiger partial charge in [0.15, 0.2) is 0 Å². The van der Waals surface area contributed by atoms with Crippen molar-refractivity contribution in [1.29, 1.82) is 0 Å². The van der Waals surface area contributed by atoms with Crippen LogP contribution in [0, 0.1) is 6.92 Å². The number of benzene rings is 1. The van der Waals surface area contributed by atoms with E-state index in [0.29, 0.717) is 24.3 Å². The third-order valence-electron chi connectivity index (χ3n) is 3.74. The van der Waals surface area contributed by atoms with E-state index in [1.54, 1.807) is 7.11 Å². The summed E-state index contributed by atoms with van der Waals surface area (Å²) in [4.78, 5) is 0. The lowest BCUT2D eigenvalue weighted by Crippen LogP contribution is -2.61. The molecule has 0 amide bonds. The van der Waals surface area contributed by atoms with Crippen LogP contribution in [0.2, 0.25) is 5.02 Å². The Kier molecular flexibility index (Phi) is 6.30. The number of rotatable bonds is 8. The first-order valence-electron chi connectivity index (χ1n) is 7.42. The second-order valence-corrected chi connectivity index (χ2v) is 5.73. The van der Waals surface area contributed by atoms with Gasteiger partial charge < -0.3 is 19.5 Å². The fraction of sp³-hybridized carbons (Fsp3) is 0.625. The molecule has 118 valence electrons. The van der Waals surface area contributed by atoms with E-state index >= 15 is 0 Å². The van der Waals surface area contributed by atoms with Gasteiger partial charge >= 0.3 is 0 Å². The topological polar surface area (TPSA) is 39.7 Å². The summed E-state index contributed by atoms with van der Waals surface area (Å²) >= 11 is 6.04. The molecule has 0 spiro atoms. The van der Waals surface area contributed by atoms with Gasteiger partial charge in [0.25, 0.3) is 0 Å². The van der Waals surface area contributed by atoms with E-state index < -0.39 is 0 Å². The molecule has 4 nitrogen and oxygen atoms in total. The van der Waals surface area contributed by atoms with Crippen molar-refractivity contribution in [1.82, 2.24) is 5.32 Å². The SMILES string of the molecule is CCNC1CC(Oc2cc(Cl)ccc2C)C1OCCOC. The standard InChI is InChI=1S/C16H24ClNO3/c1-4-18-13-10-15(16(13)20-8-7-19-3)21-14-9-12(17)6-5-11(14)2/h5-6,9,13,15-16,18H,4,7-8,10H2,1-3H3. The second-order valence-electron chi connectivity index (χ2n) is 5.29. The van der Waals surface area contributed by atoms with Crippen LogP contribution in [0.3, 0.4) is 0 Å². The molecule has 1 saturated carbocycles. The second kappa shape index (κ2) is 7.99. The summed E-state index contributed by atoms with van der Waals surface area (Å²) in [5, 5.41) is 4.12. The van der Waals surface area contributed by atoms with Crippen LogP contribution < -0.4 is 10.1 Å². The molecule has 0 heterocycles. The van der Waals surface area contributed by atoms with Gasteiger partial charge in [-0.15, -0.1) is 0 Å². The van der Waals surface area contributed by atoms with E-state index in [0.717, 1.165) is 24.3 Å². The lowest BCUT2D eigenvalue weighted by Gasteiger charge is -2.44. The molecule has 1 aromatic carbocycles. The molecule has 0 aromatic heterocycles. The predicted molar refractivity (Wildman–Crippen MR) is 84.3 cm³/mol. The van der Waals surface area contributed by atoms with E-state index in [1.165, 1.54) is 0 Å². The maximum absolute atomic E-state index is 6.09. The average molecular weight is 314 g/mol. The molecule has 3 unspecified atom stereocenters. The number of nitrogens with one attached hydrogen (secondary N) is 1. The third-order valence-corrected chi connectivity index (χ3v) is 3.98. The highest BCUT2D eigenvalue weighted by atomic mass is 35.5. The van der Waals surface area contributed by atoms with Gasteiger partial charge in [-0.25, -0.2) is 0 Å². The van der Waals surface area contributed by atoms with Crippen molar-refractivity contribution in [3.8, 4) is 5.75 Å². The Labute approximate surface area is 131 Å². The minimum Gasteiger partial charge on any atom is -0.487 e. The average Bonchev–Trinajstić information content (AvgIpc) is 2.46. The quantitative estimate of drug-likeness (QED) is 0.749. The first kappa shape index (κ1) is 16.6. The van der Waals surface area contributed by atoms with Crippen molar-refractivity contribution >= 4 is 11.6 Å². The van der Waals surface area contributed by atoms with Crippen LogP contribution in [0.25, 0.3) is 0 Å². The summed E-state index contributed by atoms with van der Waals surface area (Å²) in [6, 6.07) is 6.05. The number of aryl methyl sites for hydroxylation is 1. The highest BCUT2D eigenvalue weighted by Gasteiger charge is 2.43. The van der Waals surface area contributed by atoms with Crippen molar-refractivity contribution in [3.63, 3.8) is 0 Å². The van der Waals surface area contributed by atoms with Crippen LogP contribution in [0.1, 0.15) is 18.9 Å². The molecule has 2 rings (SSSR count). The number of ether oxygens (including phenoxy) is 3. The molecule has 0 bridgehead atoms. The first-order valence-corrected chi connectivity index (χ1v) is 7.80. The zero-order valence-electron chi connectivity index (χ0n) is 12.9. The highest BCUT2D eigenvalue weighted by molar-refractivity contribution is 6.30. The Morgan fingerprint density at radius 1 is 1.33 bits per heavy atom. The van der Waals surface area contributed by atoms with Gasteiger partial charge in [-0.2, -0.15) is 0 Å². The van der Waals surface area contributed by atoms with Gasteiger partial charge in [-0.1, -0.05) is 24.6 Å². The van der Waals surface area contributed by atoms with E-state index in [4.69, 9.17) is 25.8 Å². The Hall–Kier alpha value is -0.810. The van der Waals surface area contributed by atoms with Gasteiger partial charge in [-0.05, 0) is 31.2 Å². The molecule has 0 aliphatic heterocycles. The summed E-state index contributed by atoms with van der Waals surface area (Å²) in [5.41, 5.74) is 1.09.